The summed E-state index contributed by atoms with van der Waals surface area (Å²) in [5.41, 5.74) is 8.57. The maximum Gasteiger partial charge on any atom is 0.123 e. The molecule has 0 radical (unpaired) electrons. The molecule has 3 rings (SSSR count). The van der Waals surface area contributed by atoms with Crippen LogP contribution < -0.4 is 15.2 Å². The molecule has 0 saturated carbocycles. The number of benzene rings is 2. The summed E-state index contributed by atoms with van der Waals surface area (Å²) in [6, 6.07) is 13.6. The van der Waals surface area contributed by atoms with Gasteiger partial charge in [-0.15, -0.1) is 0 Å². The molecule has 2 aromatic rings. The van der Waals surface area contributed by atoms with Gasteiger partial charge < -0.3 is 15.2 Å². The van der Waals surface area contributed by atoms with Crippen molar-refractivity contribution in [3.8, 4) is 11.5 Å². The van der Waals surface area contributed by atoms with Gasteiger partial charge in [-0.1, -0.05) is 29.8 Å². The Morgan fingerprint density at radius 1 is 1.33 bits per heavy atom. The van der Waals surface area contributed by atoms with Gasteiger partial charge in [-0.05, 0) is 41.8 Å². The lowest BCUT2D eigenvalue weighted by Gasteiger charge is -2.20. The first-order chi connectivity index (χ1) is 10.2. The van der Waals surface area contributed by atoms with Crippen LogP contribution in [-0.2, 0) is 12.8 Å². The van der Waals surface area contributed by atoms with E-state index in [0.29, 0.717) is 11.4 Å². The van der Waals surface area contributed by atoms with Crippen molar-refractivity contribution in [3.63, 3.8) is 0 Å². The van der Waals surface area contributed by atoms with Gasteiger partial charge in [-0.25, -0.2) is 0 Å². The van der Waals surface area contributed by atoms with Gasteiger partial charge in [0, 0.05) is 17.5 Å². The van der Waals surface area contributed by atoms with Crippen molar-refractivity contribution < 1.29 is 9.47 Å². The lowest BCUT2D eigenvalue weighted by Crippen LogP contribution is -2.39. The van der Waals surface area contributed by atoms with Crippen LogP contribution >= 0.6 is 11.6 Å². The molecule has 0 aliphatic carbocycles. The van der Waals surface area contributed by atoms with Crippen molar-refractivity contribution in [1.29, 1.82) is 0 Å². The summed E-state index contributed by atoms with van der Waals surface area (Å²) in [6.07, 6.45) is 1.51. The molecule has 2 atom stereocenters. The summed E-state index contributed by atoms with van der Waals surface area (Å²) in [5, 5.41) is 0.689. The van der Waals surface area contributed by atoms with Crippen LogP contribution in [0.15, 0.2) is 42.5 Å². The minimum Gasteiger partial charge on any atom is -0.496 e. The summed E-state index contributed by atoms with van der Waals surface area (Å²) in [4.78, 5) is 0. The highest BCUT2D eigenvalue weighted by Gasteiger charge is 2.28. The van der Waals surface area contributed by atoms with Crippen LogP contribution in [0.2, 0.25) is 5.02 Å². The second-order valence-corrected chi connectivity index (χ2v) is 5.73. The first kappa shape index (κ1) is 14.2. The highest BCUT2D eigenvalue weighted by atomic mass is 35.5. The Morgan fingerprint density at radius 2 is 2.14 bits per heavy atom. The average Bonchev–Trinajstić information content (AvgIpc) is 2.91. The van der Waals surface area contributed by atoms with Crippen molar-refractivity contribution in [2.45, 2.75) is 25.0 Å². The molecule has 0 bridgehead atoms. The van der Waals surface area contributed by atoms with Crippen LogP contribution in [0.5, 0.6) is 11.5 Å². The third-order valence-corrected chi connectivity index (χ3v) is 4.08. The van der Waals surface area contributed by atoms with Crippen molar-refractivity contribution in [1.82, 2.24) is 0 Å². The minimum absolute atomic E-state index is 0.00825. The van der Waals surface area contributed by atoms with Gasteiger partial charge in [0.2, 0.25) is 0 Å². The van der Waals surface area contributed by atoms with E-state index in [2.05, 4.69) is 6.07 Å². The predicted molar refractivity (Wildman–Crippen MR) is 84.2 cm³/mol. The average molecular weight is 304 g/mol. The number of methoxy groups -OCH3 is 1. The van der Waals surface area contributed by atoms with E-state index in [9.17, 15) is 0 Å². The van der Waals surface area contributed by atoms with Gasteiger partial charge in [0.1, 0.15) is 17.6 Å². The molecular formula is C17H18ClNO2. The number of para-hydroxylation sites is 1. The van der Waals surface area contributed by atoms with Crippen LogP contribution in [0.3, 0.4) is 0 Å². The fourth-order valence-corrected chi connectivity index (χ4v) is 2.93. The first-order valence-electron chi connectivity index (χ1n) is 7.00. The molecule has 2 N–H and O–H groups in total. The summed E-state index contributed by atoms with van der Waals surface area (Å²) in [5.74, 6) is 1.75. The standard InChI is InChI=1S/C17H18ClNO2/c1-20-15-7-6-13(18)8-12(15)9-14(19)17-10-11-4-2-3-5-16(11)21-17/h2-8,14,17H,9-10,19H2,1H3. The van der Waals surface area contributed by atoms with Gasteiger partial charge in [-0.2, -0.15) is 0 Å². The van der Waals surface area contributed by atoms with Crippen LogP contribution in [0.1, 0.15) is 11.1 Å². The summed E-state index contributed by atoms with van der Waals surface area (Å²) < 4.78 is 11.3. The largest absolute Gasteiger partial charge is 0.496 e. The zero-order valence-corrected chi connectivity index (χ0v) is 12.6. The molecule has 2 aromatic carbocycles. The Bertz CT molecular complexity index is 619. The summed E-state index contributed by atoms with van der Waals surface area (Å²) in [7, 11) is 1.65. The quantitative estimate of drug-likeness (QED) is 0.943. The zero-order chi connectivity index (χ0) is 14.8. The van der Waals surface area contributed by atoms with Crippen molar-refractivity contribution >= 4 is 11.6 Å². The highest BCUT2D eigenvalue weighted by molar-refractivity contribution is 6.30. The van der Waals surface area contributed by atoms with Crippen LogP contribution in [0.4, 0.5) is 0 Å². The molecule has 0 amide bonds. The van der Waals surface area contributed by atoms with Gasteiger partial charge in [0.05, 0.1) is 7.11 Å². The molecule has 1 aliphatic heterocycles. The number of hydrogen-bond donors (Lipinski definition) is 1. The molecule has 0 saturated heterocycles. The Morgan fingerprint density at radius 3 is 2.90 bits per heavy atom. The summed E-state index contributed by atoms with van der Waals surface area (Å²) >= 11 is 6.06. The molecule has 1 heterocycles. The fraction of sp³-hybridized carbons (Fsp3) is 0.294. The maximum atomic E-state index is 6.34. The normalized spacial score (nSPS) is 18.0. The SMILES string of the molecule is COc1ccc(Cl)cc1CC(N)C1Cc2ccccc2O1. The van der Waals surface area contributed by atoms with E-state index < -0.39 is 0 Å². The van der Waals surface area contributed by atoms with Crippen LogP contribution in [0, 0.1) is 0 Å². The van der Waals surface area contributed by atoms with E-state index in [1.54, 1.807) is 7.11 Å². The monoisotopic (exact) mass is 303 g/mol. The van der Waals surface area contributed by atoms with Gasteiger partial charge >= 0.3 is 0 Å². The number of rotatable bonds is 4. The molecule has 0 fully saturated rings. The van der Waals surface area contributed by atoms with E-state index >= 15 is 0 Å². The molecule has 110 valence electrons. The summed E-state index contributed by atoms with van der Waals surface area (Å²) in [6.45, 7) is 0. The molecule has 3 nitrogen and oxygen atoms in total. The predicted octanol–water partition coefficient (Wildman–Crippen LogP) is 3.22. The highest BCUT2D eigenvalue weighted by Crippen LogP contribution is 2.31. The van der Waals surface area contributed by atoms with E-state index in [1.807, 2.05) is 36.4 Å². The molecule has 2 unspecified atom stereocenters. The molecular weight excluding hydrogens is 286 g/mol. The molecule has 4 heteroatoms. The van der Waals surface area contributed by atoms with E-state index in [0.717, 1.165) is 23.5 Å². The van der Waals surface area contributed by atoms with Crippen LogP contribution in [0.25, 0.3) is 0 Å². The van der Waals surface area contributed by atoms with E-state index in [1.165, 1.54) is 5.56 Å². The van der Waals surface area contributed by atoms with Gasteiger partial charge in [-0.3, -0.25) is 0 Å². The third-order valence-electron chi connectivity index (χ3n) is 3.85. The lowest BCUT2D eigenvalue weighted by atomic mass is 9.98. The van der Waals surface area contributed by atoms with Crippen molar-refractivity contribution in [2.75, 3.05) is 7.11 Å². The Balaban J connectivity index is 1.73. The smallest absolute Gasteiger partial charge is 0.123 e. The van der Waals surface area contributed by atoms with Gasteiger partial charge in [0.25, 0.3) is 0 Å². The topological polar surface area (TPSA) is 44.5 Å². The zero-order valence-electron chi connectivity index (χ0n) is 11.9. The molecule has 0 aromatic heterocycles. The number of nitrogens with two attached hydrogens (primary N) is 1. The third kappa shape index (κ3) is 2.99. The second kappa shape index (κ2) is 5.96. The second-order valence-electron chi connectivity index (χ2n) is 5.29. The minimum atomic E-state index is -0.107. The number of fused-ring (bicyclic) bond motifs is 1. The van der Waals surface area contributed by atoms with Crippen LogP contribution in [-0.4, -0.2) is 19.3 Å². The molecule has 1 aliphatic rings. The maximum absolute atomic E-state index is 6.34. The van der Waals surface area contributed by atoms with Crippen molar-refractivity contribution in [2.24, 2.45) is 5.73 Å². The Hall–Kier alpha value is -1.71. The Kier molecular flexibility index (Phi) is 4.04. The van der Waals surface area contributed by atoms with Gasteiger partial charge in [0.15, 0.2) is 0 Å². The molecule has 0 spiro atoms. The molecule has 21 heavy (non-hydrogen) atoms. The van der Waals surface area contributed by atoms with E-state index in [4.69, 9.17) is 26.8 Å². The van der Waals surface area contributed by atoms with E-state index in [-0.39, 0.29) is 12.1 Å². The fourth-order valence-electron chi connectivity index (χ4n) is 2.74. The number of ether oxygens (including phenoxy) is 2. The number of hydrogen-bond acceptors (Lipinski definition) is 3. The Labute approximate surface area is 129 Å². The van der Waals surface area contributed by atoms with Crippen molar-refractivity contribution in [3.05, 3.63) is 58.6 Å². The lowest BCUT2D eigenvalue weighted by molar-refractivity contribution is 0.197. The first-order valence-corrected chi connectivity index (χ1v) is 7.37. The number of halogens is 1.